The minimum Gasteiger partial charge on any atom is -0.438 e. The first-order valence-electron chi connectivity index (χ1n) is 6.16. The third-order valence-electron chi connectivity index (χ3n) is 2.86. The molecular formula is C14H18N4O2. The molecule has 0 saturated carbocycles. The largest absolute Gasteiger partial charge is 0.438 e. The molecule has 0 aliphatic rings. The van der Waals surface area contributed by atoms with Gasteiger partial charge in [-0.1, -0.05) is 12.1 Å². The number of hydrogen-bond donors (Lipinski definition) is 2. The third-order valence-corrected chi connectivity index (χ3v) is 2.86. The molecule has 0 amide bonds. The van der Waals surface area contributed by atoms with Gasteiger partial charge in [0, 0.05) is 14.2 Å². The zero-order valence-corrected chi connectivity index (χ0v) is 11.8. The van der Waals surface area contributed by atoms with Crippen LogP contribution in [0, 0.1) is 12.3 Å². The molecule has 0 unspecified atom stereocenters. The highest BCUT2D eigenvalue weighted by Crippen LogP contribution is 2.27. The van der Waals surface area contributed by atoms with Gasteiger partial charge in [0.25, 0.3) is 0 Å². The second kappa shape index (κ2) is 5.75. The molecule has 0 saturated heterocycles. The fourth-order valence-corrected chi connectivity index (χ4v) is 2.04. The van der Waals surface area contributed by atoms with E-state index in [0.29, 0.717) is 29.5 Å². The Labute approximate surface area is 117 Å². The molecule has 2 rings (SSSR count). The first-order chi connectivity index (χ1) is 9.52. The lowest BCUT2D eigenvalue weighted by Gasteiger charge is -2.09. The fraction of sp³-hybridized carbons (Fsp3) is 0.286. The second-order valence-electron chi connectivity index (χ2n) is 4.49. The van der Waals surface area contributed by atoms with Crippen LogP contribution in [-0.4, -0.2) is 22.7 Å². The van der Waals surface area contributed by atoms with Gasteiger partial charge < -0.3 is 15.2 Å². The summed E-state index contributed by atoms with van der Waals surface area (Å²) in [7, 11) is 3.40. The first kappa shape index (κ1) is 14.1. The fourth-order valence-electron chi connectivity index (χ4n) is 2.04. The van der Waals surface area contributed by atoms with Crippen LogP contribution >= 0.6 is 0 Å². The van der Waals surface area contributed by atoms with Crippen molar-refractivity contribution in [1.29, 1.82) is 5.41 Å². The Morgan fingerprint density at radius 2 is 2.20 bits per heavy atom. The number of methoxy groups -OCH3 is 1. The SMILES string of the molecule is COCc1cccc(Oc2c(C(=N)N)c(C)nn2C)c1. The van der Waals surface area contributed by atoms with Crippen molar-refractivity contribution in [2.45, 2.75) is 13.5 Å². The number of nitrogens with one attached hydrogen (secondary N) is 1. The van der Waals surface area contributed by atoms with Crippen molar-refractivity contribution in [2.24, 2.45) is 12.8 Å². The maximum Gasteiger partial charge on any atom is 0.228 e. The number of nitrogens with two attached hydrogens (primary N) is 1. The lowest BCUT2D eigenvalue weighted by Crippen LogP contribution is -2.13. The van der Waals surface area contributed by atoms with Gasteiger partial charge in [0.1, 0.15) is 17.1 Å². The van der Waals surface area contributed by atoms with Crippen LogP contribution in [0.3, 0.4) is 0 Å². The molecule has 106 valence electrons. The number of aromatic nitrogens is 2. The van der Waals surface area contributed by atoms with Crippen LogP contribution < -0.4 is 10.5 Å². The van der Waals surface area contributed by atoms with E-state index in [1.165, 1.54) is 0 Å². The minimum absolute atomic E-state index is 0.0568. The van der Waals surface area contributed by atoms with Crippen LogP contribution in [0.1, 0.15) is 16.8 Å². The number of nitrogens with zero attached hydrogens (tertiary/aromatic N) is 2. The number of rotatable bonds is 5. The van der Waals surface area contributed by atoms with Crippen LogP contribution in [-0.2, 0) is 18.4 Å². The standard InChI is InChI=1S/C14H18N4O2/c1-9-12(13(15)16)14(18(2)17-9)20-11-6-4-5-10(7-11)8-19-3/h4-7H,8H2,1-3H3,(H3,15,16). The maximum atomic E-state index is 7.63. The van der Waals surface area contributed by atoms with E-state index in [1.807, 2.05) is 24.3 Å². The van der Waals surface area contributed by atoms with E-state index in [-0.39, 0.29) is 5.84 Å². The van der Waals surface area contributed by atoms with Gasteiger partial charge in [-0.15, -0.1) is 0 Å². The molecule has 6 nitrogen and oxygen atoms in total. The van der Waals surface area contributed by atoms with Crippen LogP contribution in [0.25, 0.3) is 0 Å². The highest BCUT2D eigenvalue weighted by atomic mass is 16.5. The summed E-state index contributed by atoms with van der Waals surface area (Å²) in [6, 6.07) is 7.57. The Bertz CT molecular complexity index is 634. The van der Waals surface area contributed by atoms with Crippen molar-refractivity contribution in [1.82, 2.24) is 9.78 Å². The number of amidine groups is 1. The zero-order valence-electron chi connectivity index (χ0n) is 11.8. The average Bonchev–Trinajstić information content (AvgIpc) is 2.65. The Balaban J connectivity index is 2.35. The van der Waals surface area contributed by atoms with Gasteiger partial charge in [0.15, 0.2) is 0 Å². The van der Waals surface area contributed by atoms with E-state index in [9.17, 15) is 0 Å². The molecule has 1 aromatic heterocycles. The first-order valence-corrected chi connectivity index (χ1v) is 6.16. The normalized spacial score (nSPS) is 10.6. The van der Waals surface area contributed by atoms with Gasteiger partial charge in [-0.05, 0) is 24.6 Å². The Hall–Kier alpha value is -2.34. The van der Waals surface area contributed by atoms with Crippen LogP contribution in [0.2, 0.25) is 0 Å². The van der Waals surface area contributed by atoms with Crippen molar-refractivity contribution in [3.63, 3.8) is 0 Å². The highest BCUT2D eigenvalue weighted by molar-refractivity contribution is 5.98. The molecule has 1 aromatic carbocycles. The van der Waals surface area contributed by atoms with Crippen molar-refractivity contribution in [2.75, 3.05) is 7.11 Å². The Kier molecular flexibility index (Phi) is 4.05. The molecule has 20 heavy (non-hydrogen) atoms. The van der Waals surface area contributed by atoms with Gasteiger partial charge in [-0.25, -0.2) is 4.68 Å². The number of benzene rings is 1. The third kappa shape index (κ3) is 2.80. The molecule has 0 atom stereocenters. The summed E-state index contributed by atoms with van der Waals surface area (Å²) in [4.78, 5) is 0. The molecule has 2 aromatic rings. The smallest absolute Gasteiger partial charge is 0.228 e. The molecule has 0 bridgehead atoms. The summed E-state index contributed by atoms with van der Waals surface area (Å²) in [5.41, 5.74) is 7.79. The molecule has 0 fully saturated rings. The molecule has 0 aliphatic carbocycles. The van der Waals surface area contributed by atoms with E-state index in [1.54, 1.807) is 25.8 Å². The number of hydrogen-bond acceptors (Lipinski definition) is 4. The van der Waals surface area contributed by atoms with Gasteiger partial charge in [-0.2, -0.15) is 5.10 Å². The van der Waals surface area contributed by atoms with E-state index < -0.39 is 0 Å². The van der Waals surface area contributed by atoms with E-state index >= 15 is 0 Å². The lowest BCUT2D eigenvalue weighted by atomic mass is 10.2. The number of aryl methyl sites for hydroxylation is 2. The Morgan fingerprint density at radius 3 is 2.85 bits per heavy atom. The molecule has 1 heterocycles. The van der Waals surface area contributed by atoms with E-state index in [2.05, 4.69) is 5.10 Å². The van der Waals surface area contributed by atoms with Crippen LogP contribution in [0.15, 0.2) is 24.3 Å². The monoisotopic (exact) mass is 274 g/mol. The second-order valence-corrected chi connectivity index (χ2v) is 4.49. The number of ether oxygens (including phenoxy) is 2. The Morgan fingerprint density at radius 1 is 1.45 bits per heavy atom. The van der Waals surface area contributed by atoms with Crippen molar-refractivity contribution in [3.05, 3.63) is 41.1 Å². The summed E-state index contributed by atoms with van der Waals surface area (Å²) in [6.07, 6.45) is 0. The van der Waals surface area contributed by atoms with Gasteiger partial charge in [0.2, 0.25) is 5.88 Å². The highest BCUT2D eigenvalue weighted by Gasteiger charge is 2.17. The van der Waals surface area contributed by atoms with E-state index in [4.69, 9.17) is 20.6 Å². The summed E-state index contributed by atoms with van der Waals surface area (Å²) in [6.45, 7) is 2.31. The molecular weight excluding hydrogens is 256 g/mol. The summed E-state index contributed by atoms with van der Waals surface area (Å²) < 4.78 is 12.5. The zero-order chi connectivity index (χ0) is 14.7. The molecule has 6 heteroatoms. The van der Waals surface area contributed by atoms with Crippen molar-refractivity contribution >= 4 is 5.84 Å². The van der Waals surface area contributed by atoms with Crippen LogP contribution in [0.4, 0.5) is 0 Å². The minimum atomic E-state index is -0.0568. The molecule has 0 aliphatic heterocycles. The van der Waals surface area contributed by atoms with Crippen molar-refractivity contribution in [3.8, 4) is 11.6 Å². The van der Waals surface area contributed by atoms with Gasteiger partial charge >= 0.3 is 0 Å². The maximum absolute atomic E-state index is 7.63. The summed E-state index contributed by atoms with van der Waals surface area (Å²) in [5, 5.41) is 11.9. The van der Waals surface area contributed by atoms with Crippen LogP contribution in [0.5, 0.6) is 11.6 Å². The van der Waals surface area contributed by atoms with Gasteiger partial charge in [0.05, 0.1) is 12.3 Å². The quantitative estimate of drug-likeness (QED) is 0.644. The molecule has 3 N–H and O–H groups in total. The van der Waals surface area contributed by atoms with E-state index in [0.717, 1.165) is 5.56 Å². The van der Waals surface area contributed by atoms with Gasteiger partial charge in [-0.3, -0.25) is 5.41 Å². The molecule has 0 radical (unpaired) electrons. The number of nitrogen functional groups attached to an aromatic ring is 1. The van der Waals surface area contributed by atoms with Crippen molar-refractivity contribution < 1.29 is 9.47 Å². The average molecular weight is 274 g/mol. The molecule has 0 spiro atoms. The topological polar surface area (TPSA) is 86.2 Å². The predicted molar refractivity (Wildman–Crippen MR) is 76.2 cm³/mol. The summed E-state index contributed by atoms with van der Waals surface area (Å²) >= 11 is 0. The lowest BCUT2D eigenvalue weighted by molar-refractivity contribution is 0.184. The summed E-state index contributed by atoms with van der Waals surface area (Å²) in [5.74, 6) is 1.06. The predicted octanol–water partition coefficient (Wildman–Crippen LogP) is 1.95.